The molecule has 4 aliphatic rings. The van der Waals surface area contributed by atoms with Crippen molar-refractivity contribution < 1.29 is 36.7 Å². The number of imidazole rings is 1. The highest BCUT2D eigenvalue weighted by Gasteiger charge is 2.47. The Labute approximate surface area is 352 Å². The molecular weight excluding hydrogens is 817 g/mol. The van der Waals surface area contributed by atoms with Gasteiger partial charge in [0, 0.05) is 52.0 Å². The van der Waals surface area contributed by atoms with E-state index in [1.54, 1.807) is 54.4 Å². The van der Waals surface area contributed by atoms with E-state index in [0.29, 0.717) is 87.6 Å². The minimum absolute atomic E-state index is 0.0874. The van der Waals surface area contributed by atoms with E-state index in [1.807, 2.05) is 4.90 Å². The molecule has 0 spiro atoms. The van der Waals surface area contributed by atoms with Gasteiger partial charge in [-0.3, -0.25) is 38.4 Å². The number of para-hydroxylation sites is 1. The zero-order chi connectivity index (χ0) is 43.4. The summed E-state index contributed by atoms with van der Waals surface area (Å²) in [4.78, 5) is 61.4. The predicted molar refractivity (Wildman–Crippen MR) is 219 cm³/mol. The van der Waals surface area contributed by atoms with Crippen molar-refractivity contribution >= 4 is 51.6 Å². The lowest BCUT2D eigenvalue weighted by Gasteiger charge is -2.44. The number of fused-ring (bicyclic) bond motifs is 2. The van der Waals surface area contributed by atoms with Crippen LogP contribution in [0.1, 0.15) is 79.5 Å². The summed E-state index contributed by atoms with van der Waals surface area (Å²) >= 11 is 0. The molecule has 9 rings (SSSR count). The van der Waals surface area contributed by atoms with Crippen molar-refractivity contribution in [2.75, 3.05) is 68.1 Å². The number of aryl methyl sites for hydroxylation is 1. The molecule has 4 aromatic heterocycles. The Hall–Kier alpha value is -5.83. The number of anilines is 3. The Bertz CT molecular complexity index is 2570. The number of rotatable bonds is 10. The topological polar surface area (TPSA) is 169 Å². The van der Waals surface area contributed by atoms with Crippen LogP contribution in [0.15, 0.2) is 47.7 Å². The van der Waals surface area contributed by atoms with E-state index in [-0.39, 0.29) is 48.1 Å². The minimum Gasteiger partial charge on any atom is -0.378 e. The molecule has 0 radical (unpaired) electrons. The molecule has 330 valence electrons. The molecule has 1 aliphatic carbocycles. The normalized spacial score (nSPS) is 23.5. The second-order valence-corrected chi connectivity index (χ2v) is 16.8. The summed E-state index contributed by atoms with van der Waals surface area (Å²) in [5, 5.41) is 13.3. The Kier molecular flexibility index (Phi) is 11.0. The van der Waals surface area contributed by atoms with E-state index in [4.69, 9.17) is 4.74 Å². The van der Waals surface area contributed by atoms with Crippen LogP contribution in [0.5, 0.6) is 0 Å². The highest BCUT2D eigenvalue weighted by molar-refractivity contribution is 6.08. The number of hydrogen-bond donors (Lipinski definition) is 2. The van der Waals surface area contributed by atoms with E-state index >= 15 is 8.78 Å². The first kappa shape index (κ1) is 41.5. The van der Waals surface area contributed by atoms with Gasteiger partial charge >= 0.3 is 5.69 Å². The van der Waals surface area contributed by atoms with Crippen molar-refractivity contribution in [1.29, 1.82) is 0 Å². The number of ether oxygens (including phenoxy) is 1. The van der Waals surface area contributed by atoms with Crippen LogP contribution in [0.4, 0.5) is 34.8 Å². The zero-order valence-electron chi connectivity index (χ0n) is 34.4. The van der Waals surface area contributed by atoms with Crippen molar-refractivity contribution in [3.8, 4) is 0 Å². The number of imide groups is 1. The number of carbonyl (C=O) groups is 3. The molecule has 21 heteroatoms. The highest BCUT2D eigenvalue weighted by Crippen LogP contribution is 2.39. The van der Waals surface area contributed by atoms with Gasteiger partial charge in [-0.2, -0.15) is 10.2 Å². The van der Waals surface area contributed by atoms with Gasteiger partial charge in [-0.05, 0) is 69.7 Å². The van der Waals surface area contributed by atoms with Crippen molar-refractivity contribution in [3.05, 3.63) is 64.6 Å². The first-order valence-electron chi connectivity index (χ1n) is 21.0. The molecule has 1 saturated carbocycles. The number of alkyl halides is 4. The molecule has 7 heterocycles. The number of hydrogen-bond acceptors (Lipinski definition) is 11. The number of nitrogens with zero attached hydrogens (tertiary/aromatic N) is 10. The monoisotopic (exact) mass is 864 g/mol. The standard InChI is InChI=1S/C41H48F4N12O5/c1-51(31-12-14-54(23-41(31,44)45)28-4-3-5-29-35(28)52(2)40(61)57(29)30-10-11-33(58)49-39(30)60)21-24-6-8-25(9-7-24)56-22-27(34(50-56)36(42)43)47-38(59)26-20-46-55-15-13-32(48-37(26)55)53-16-18-62-19-17-53/h3-5,13,15,20,22,24-25,30-31,36H,6-12,14,16-19,21,23H2,1-2H3,(H,47,59)(H,49,58,60). The summed E-state index contributed by atoms with van der Waals surface area (Å²) in [5.41, 5.74) is 0.637. The number of amides is 3. The summed E-state index contributed by atoms with van der Waals surface area (Å²) in [6, 6.07) is 4.72. The molecule has 2 N–H and O–H groups in total. The third-order valence-electron chi connectivity index (χ3n) is 12.9. The van der Waals surface area contributed by atoms with Crippen molar-refractivity contribution in [1.82, 2.24) is 43.7 Å². The predicted octanol–water partition coefficient (Wildman–Crippen LogP) is 4.16. The van der Waals surface area contributed by atoms with Gasteiger partial charge in [-0.25, -0.2) is 31.9 Å². The van der Waals surface area contributed by atoms with Crippen LogP contribution in [0.3, 0.4) is 0 Å². The van der Waals surface area contributed by atoms with Gasteiger partial charge < -0.3 is 19.9 Å². The Balaban J connectivity index is 0.828. The summed E-state index contributed by atoms with van der Waals surface area (Å²) in [6.45, 7) is 2.55. The molecule has 17 nitrogen and oxygen atoms in total. The van der Waals surface area contributed by atoms with Gasteiger partial charge in [0.05, 0.1) is 60.4 Å². The van der Waals surface area contributed by atoms with E-state index in [0.717, 1.165) is 0 Å². The van der Waals surface area contributed by atoms with E-state index in [1.165, 1.54) is 30.7 Å². The first-order valence-corrected chi connectivity index (χ1v) is 21.0. The summed E-state index contributed by atoms with van der Waals surface area (Å²) in [6.07, 6.45) is 4.47. The number of halogens is 4. The van der Waals surface area contributed by atoms with Crippen LogP contribution < -0.4 is 26.1 Å². The maximum atomic E-state index is 16.2. The molecule has 0 bridgehead atoms. The molecule has 3 aliphatic heterocycles. The second-order valence-electron chi connectivity index (χ2n) is 16.8. The van der Waals surface area contributed by atoms with E-state index < -0.39 is 60.1 Å². The van der Waals surface area contributed by atoms with Crippen molar-refractivity contribution in [2.24, 2.45) is 13.0 Å². The van der Waals surface area contributed by atoms with E-state index in [2.05, 4.69) is 25.8 Å². The van der Waals surface area contributed by atoms with Gasteiger partial charge in [0.1, 0.15) is 17.4 Å². The molecular formula is C41H48F4N12O5. The minimum atomic E-state index is -3.11. The Morgan fingerprint density at radius 1 is 1.03 bits per heavy atom. The van der Waals surface area contributed by atoms with Crippen LogP contribution in [-0.4, -0.2) is 121 Å². The smallest absolute Gasteiger partial charge is 0.329 e. The van der Waals surface area contributed by atoms with Crippen LogP contribution in [0.25, 0.3) is 16.7 Å². The molecule has 62 heavy (non-hydrogen) atoms. The average molecular weight is 865 g/mol. The maximum absolute atomic E-state index is 16.2. The molecule has 2 unspecified atom stereocenters. The fourth-order valence-electron chi connectivity index (χ4n) is 9.73. The van der Waals surface area contributed by atoms with Gasteiger partial charge in [-0.1, -0.05) is 6.07 Å². The molecule has 1 aromatic carbocycles. The average Bonchev–Trinajstić information content (AvgIpc) is 3.95. The summed E-state index contributed by atoms with van der Waals surface area (Å²) in [5.74, 6) is -3.98. The summed E-state index contributed by atoms with van der Waals surface area (Å²) < 4.78 is 72.0. The maximum Gasteiger partial charge on any atom is 0.329 e. The molecule has 3 saturated heterocycles. The Morgan fingerprint density at radius 2 is 1.81 bits per heavy atom. The van der Waals surface area contributed by atoms with Crippen LogP contribution in [0.2, 0.25) is 0 Å². The molecule has 2 atom stereocenters. The lowest BCUT2D eigenvalue weighted by molar-refractivity contribution is -0.135. The second kappa shape index (κ2) is 16.5. The van der Waals surface area contributed by atoms with Crippen molar-refractivity contribution in [3.63, 3.8) is 0 Å². The largest absolute Gasteiger partial charge is 0.378 e. The Morgan fingerprint density at radius 3 is 2.53 bits per heavy atom. The number of aromatic nitrogens is 7. The SMILES string of the molecule is CN(CC1CCC(n2cc(NC(=O)c3cnn4ccc(N5CCOCC5)nc34)c(C(F)F)n2)CC1)C1CCN(c2cccc3c2n(C)c(=O)n3C2CCC(=O)NC2=O)CC1(F)F. The first-order chi connectivity index (χ1) is 29.8. The lowest BCUT2D eigenvalue weighted by atomic mass is 9.85. The van der Waals surface area contributed by atoms with Crippen LogP contribution in [0, 0.1) is 5.92 Å². The highest BCUT2D eigenvalue weighted by atomic mass is 19.3. The quantitative estimate of drug-likeness (QED) is 0.153. The molecule has 5 aromatic rings. The van der Waals surface area contributed by atoms with Crippen LogP contribution >= 0.6 is 0 Å². The fourth-order valence-corrected chi connectivity index (χ4v) is 9.73. The molecule has 4 fully saturated rings. The number of piperidine rings is 2. The zero-order valence-corrected chi connectivity index (χ0v) is 34.4. The molecule has 3 amide bonds. The van der Waals surface area contributed by atoms with E-state index in [9.17, 15) is 28.0 Å². The van der Waals surface area contributed by atoms with Crippen LogP contribution in [-0.2, 0) is 21.4 Å². The fraction of sp³-hybridized carbons (Fsp3) is 0.537. The van der Waals surface area contributed by atoms with Crippen molar-refractivity contribution in [2.45, 2.75) is 75.4 Å². The summed E-state index contributed by atoms with van der Waals surface area (Å²) in [7, 11) is 3.26. The number of benzene rings is 1. The van der Waals surface area contributed by atoms with Gasteiger partial charge in [0.2, 0.25) is 11.8 Å². The third kappa shape index (κ3) is 7.68. The van der Waals surface area contributed by atoms with Gasteiger partial charge in [-0.15, -0.1) is 0 Å². The lowest BCUT2D eigenvalue weighted by Crippen LogP contribution is -2.58. The third-order valence-corrected chi connectivity index (χ3v) is 12.9. The van der Waals surface area contributed by atoms with Gasteiger partial charge in [0.15, 0.2) is 11.3 Å². The van der Waals surface area contributed by atoms with Gasteiger partial charge in [0.25, 0.3) is 18.3 Å². The number of nitrogens with one attached hydrogen (secondary N) is 2. The number of carbonyl (C=O) groups excluding carboxylic acids is 3. The number of morpholine rings is 1.